The van der Waals surface area contributed by atoms with Gasteiger partial charge >= 0.3 is 0 Å². The Hall–Kier alpha value is -1.36. The summed E-state index contributed by atoms with van der Waals surface area (Å²) in [4.78, 5) is 17.2. The number of rotatable bonds is 6. The highest BCUT2D eigenvalue weighted by molar-refractivity contribution is 5.75. The third kappa shape index (κ3) is 4.02. The van der Waals surface area contributed by atoms with Crippen molar-refractivity contribution in [3.8, 4) is 0 Å². The quantitative estimate of drug-likeness (QED) is 0.759. The second kappa shape index (κ2) is 5.65. The Labute approximate surface area is 96.3 Å². The fraction of sp³-hybridized carbons (Fsp3) is 0.636. The molecule has 1 rings (SSSR count). The smallest absolute Gasteiger partial charge is 0.231 e. The van der Waals surface area contributed by atoms with Crippen LogP contribution in [0.25, 0.3) is 0 Å². The molecule has 0 saturated carbocycles. The van der Waals surface area contributed by atoms with Crippen molar-refractivity contribution in [3.05, 3.63) is 18.2 Å². The van der Waals surface area contributed by atoms with Gasteiger partial charge in [0.05, 0.1) is 13.1 Å². The Balaban J connectivity index is 2.62. The van der Waals surface area contributed by atoms with Crippen molar-refractivity contribution in [2.75, 3.05) is 13.1 Å². The van der Waals surface area contributed by atoms with Crippen molar-refractivity contribution in [1.29, 1.82) is 0 Å². The van der Waals surface area contributed by atoms with Crippen LogP contribution in [0.4, 0.5) is 0 Å². The number of primary amides is 1. The number of imidazole rings is 1. The molecular formula is C11H20N4O. The molecule has 0 bridgehead atoms. The van der Waals surface area contributed by atoms with Crippen LogP contribution in [0.2, 0.25) is 0 Å². The molecule has 1 aromatic rings. The van der Waals surface area contributed by atoms with Crippen LogP contribution in [-0.2, 0) is 18.4 Å². The number of hydrogen-bond donors (Lipinski definition) is 1. The average Bonchev–Trinajstić information content (AvgIpc) is 2.49. The minimum Gasteiger partial charge on any atom is -0.369 e. The van der Waals surface area contributed by atoms with E-state index in [1.54, 1.807) is 6.20 Å². The monoisotopic (exact) mass is 224 g/mol. The fourth-order valence-electron chi connectivity index (χ4n) is 1.67. The van der Waals surface area contributed by atoms with E-state index in [2.05, 4.69) is 18.8 Å². The van der Waals surface area contributed by atoms with E-state index in [1.807, 2.05) is 22.7 Å². The van der Waals surface area contributed by atoms with Crippen LogP contribution < -0.4 is 5.73 Å². The van der Waals surface area contributed by atoms with Gasteiger partial charge in [0.15, 0.2) is 0 Å². The summed E-state index contributed by atoms with van der Waals surface area (Å²) in [6, 6.07) is 0. The molecule has 2 N–H and O–H groups in total. The van der Waals surface area contributed by atoms with E-state index in [4.69, 9.17) is 5.73 Å². The predicted molar refractivity (Wildman–Crippen MR) is 62.5 cm³/mol. The molecule has 0 aromatic carbocycles. The van der Waals surface area contributed by atoms with Gasteiger partial charge in [0.2, 0.25) is 5.91 Å². The highest BCUT2D eigenvalue weighted by Gasteiger charge is 2.12. The molecule has 0 aliphatic carbocycles. The number of carbonyl (C=O) groups is 1. The second-order valence-corrected chi connectivity index (χ2v) is 4.48. The van der Waals surface area contributed by atoms with E-state index in [1.165, 1.54) is 0 Å². The zero-order chi connectivity index (χ0) is 12.1. The van der Waals surface area contributed by atoms with Gasteiger partial charge in [-0.3, -0.25) is 9.69 Å². The van der Waals surface area contributed by atoms with Gasteiger partial charge in [-0.1, -0.05) is 13.8 Å². The zero-order valence-corrected chi connectivity index (χ0v) is 10.2. The molecule has 1 heterocycles. The summed E-state index contributed by atoms with van der Waals surface area (Å²) in [6.45, 7) is 6.02. The molecule has 0 aliphatic heterocycles. The maximum Gasteiger partial charge on any atom is 0.231 e. The van der Waals surface area contributed by atoms with Gasteiger partial charge in [-0.05, 0) is 5.92 Å². The highest BCUT2D eigenvalue weighted by Crippen LogP contribution is 2.04. The van der Waals surface area contributed by atoms with Gasteiger partial charge in [0.1, 0.15) is 5.82 Å². The van der Waals surface area contributed by atoms with Gasteiger partial charge in [-0.15, -0.1) is 0 Å². The normalized spacial score (nSPS) is 11.3. The number of aromatic nitrogens is 2. The summed E-state index contributed by atoms with van der Waals surface area (Å²) in [7, 11) is 1.94. The van der Waals surface area contributed by atoms with Crippen molar-refractivity contribution >= 4 is 5.91 Å². The number of hydrogen-bond acceptors (Lipinski definition) is 3. The average molecular weight is 224 g/mol. The van der Waals surface area contributed by atoms with Crippen molar-refractivity contribution in [2.24, 2.45) is 18.7 Å². The number of nitrogens with two attached hydrogens (primary N) is 1. The Morgan fingerprint density at radius 1 is 1.62 bits per heavy atom. The lowest BCUT2D eigenvalue weighted by Crippen LogP contribution is -2.36. The molecular weight excluding hydrogens is 204 g/mol. The first kappa shape index (κ1) is 12.7. The molecule has 1 aromatic heterocycles. The summed E-state index contributed by atoms with van der Waals surface area (Å²) < 4.78 is 1.95. The first-order chi connectivity index (χ1) is 7.49. The highest BCUT2D eigenvalue weighted by atomic mass is 16.1. The van der Waals surface area contributed by atoms with E-state index >= 15 is 0 Å². The minimum atomic E-state index is -0.296. The van der Waals surface area contributed by atoms with Gasteiger partial charge in [0, 0.05) is 26.0 Å². The largest absolute Gasteiger partial charge is 0.369 e. The van der Waals surface area contributed by atoms with E-state index in [-0.39, 0.29) is 12.5 Å². The van der Waals surface area contributed by atoms with Crippen molar-refractivity contribution < 1.29 is 4.79 Å². The number of aryl methyl sites for hydroxylation is 1. The van der Waals surface area contributed by atoms with Crippen LogP contribution in [0.1, 0.15) is 19.7 Å². The third-order valence-corrected chi connectivity index (χ3v) is 2.29. The lowest BCUT2D eigenvalue weighted by atomic mass is 10.2. The molecule has 0 radical (unpaired) electrons. The van der Waals surface area contributed by atoms with Crippen LogP contribution >= 0.6 is 0 Å². The van der Waals surface area contributed by atoms with Crippen molar-refractivity contribution in [1.82, 2.24) is 14.5 Å². The van der Waals surface area contributed by atoms with Crippen LogP contribution in [-0.4, -0.2) is 33.4 Å². The zero-order valence-electron chi connectivity index (χ0n) is 10.2. The molecule has 1 amide bonds. The summed E-state index contributed by atoms with van der Waals surface area (Å²) >= 11 is 0. The van der Waals surface area contributed by atoms with E-state index < -0.39 is 0 Å². The van der Waals surface area contributed by atoms with Gasteiger partial charge in [-0.2, -0.15) is 0 Å². The molecule has 0 spiro atoms. The van der Waals surface area contributed by atoms with Gasteiger partial charge < -0.3 is 10.3 Å². The predicted octanol–water partition coefficient (Wildman–Crippen LogP) is 0.363. The number of carbonyl (C=O) groups excluding carboxylic acids is 1. The third-order valence-electron chi connectivity index (χ3n) is 2.29. The van der Waals surface area contributed by atoms with Crippen LogP contribution in [0.5, 0.6) is 0 Å². The van der Waals surface area contributed by atoms with Crippen molar-refractivity contribution in [3.63, 3.8) is 0 Å². The maximum absolute atomic E-state index is 11.0. The molecule has 90 valence electrons. The summed E-state index contributed by atoms with van der Waals surface area (Å²) in [6.07, 6.45) is 3.65. The molecule has 16 heavy (non-hydrogen) atoms. The van der Waals surface area contributed by atoms with Crippen LogP contribution in [0.15, 0.2) is 12.4 Å². The molecule has 5 nitrogen and oxygen atoms in total. The van der Waals surface area contributed by atoms with Crippen LogP contribution in [0, 0.1) is 5.92 Å². The lowest BCUT2D eigenvalue weighted by Gasteiger charge is -2.22. The Bertz CT molecular complexity index is 346. The minimum absolute atomic E-state index is 0.283. The van der Waals surface area contributed by atoms with Crippen LogP contribution in [0.3, 0.4) is 0 Å². The Morgan fingerprint density at radius 3 is 2.75 bits per heavy atom. The molecule has 5 heteroatoms. The fourth-order valence-corrected chi connectivity index (χ4v) is 1.67. The lowest BCUT2D eigenvalue weighted by molar-refractivity contribution is -0.119. The molecule has 0 atom stereocenters. The maximum atomic E-state index is 11.0. The van der Waals surface area contributed by atoms with E-state index in [0.717, 1.165) is 12.4 Å². The van der Waals surface area contributed by atoms with Crippen molar-refractivity contribution in [2.45, 2.75) is 20.4 Å². The van der Waals surface area contributed by atoms with E-state index in [9.17, 15) is 4.79 Å². The topological polar surface area (TPSA) is 64.2 Å². The molecule has 0 fully saturated rings. The van der Waals surface area contributed by atoms with Gasteiger partial charge in [-0.25, -0.2) is 4.98 Å². The molecule has 0 aliphatic rings. The standard InChI is InChI=1S/C11H20N4O/c1-9(2)6-15(7-10(12)16)8-11-13-4-5-14(11)3/h4-5,9H,6-8H2,1-3H3,(H2,12,16). The first-order valence-corrected chi connectivity index (χ1v) is 5.46. The second-order valence-electron chi connectivity index (χ2n) is 4.48. The SMILES string of the molecule is CC(C)CN(CC(N)=O)Cc1nccn1C. The Kier molecular flexibility index (Phi) is 4.49. The van der Waals surface area contributed by atoms with E-state index in [0.29, 0.717) is 12.5 Å². The van der Waals surface area contributed by atoms with Gasteiger partial charge in [0.25, 0.3) is 0 Å². The first-order valence-electron chi connectivity index (χ1n) is 5.46. The Morgan fingerprint density at radius 2 is 2.31 bits per heavy atom. The summed E-state index contributed by atoms with van der Waals surface area (Å²) in [5.41, 5.74) is 5.23. The molecule has 0 unspecified atom stereocenters. The number of nitrogens with zero attached hydrogens (tertiary/aromatic N) is 3. The summed E-state index contributed by atoms with van der Waals surface area (Å²) in [5.74, 6) is 1.15. The summed E-state index contributed by atoms with van der Waals surface area (Å²) in [5, 5.41) is 0. The molecule has 0 saturated heterocycles. The number of amides is 1.